The van der Waals surface area contributed by atoms with Crippen LogP contribution in [0.4, 0.5) is 19.0 Å². The number of ether oxygens (including phenoxy) is 1. The molecule has 3 rings (SSSR count). The number of nitrogens with zero attached hydrogens (tertiary/aromatic N) is 3. The van der Waals surface area contributed by atoms with Crippen LogP contribution in [0, 0.1) is 5.92 Å². The standard InChI is InChI=1S/C24H33F3N4O4S/c1-23(2,3)35-17-18-8-13-31(14-9-18)22-20(24(25,26)27)15-19(16-28-22)36(33,34)29-10-6-12-30-11-5-4-7-21(30)32/h4-5,7,11,15-16,18,29H,6,8-10,12-14,17H2,1-3H3. The highest BCUT2D eigenvalue weighted by molar-refractivity contribution is 7.89. The topological polar surface area (TPSA) is 93.5 Å². The fourth-order valence-corrected chi connectivity index (χ4v) is 4.95. The zero-order chi connectivity index (χ0) is 26.6. The van der Waals surface area contributed by atoms with Crippen LogP contribution < -0.4 is 15.2 Å². The van der Waals surface area contributed by atoms with E-state index in [4.69, 9.17) is 4.74 Å². The number of nitrogens with one attached hydrogen (secondary N) is 1. The second kappa shape index (κ2) is 11.3. The van der Waals surface area contributed by atoms with Crippen molar-refractivity contribution in [3.8, 4) is 0 Å². The summed E-state index contributed by atoms with van der Waals surface area (Å²) in [6.07, 6.45) is -0.634. The molecule has 200 valence electrons. The molecular formula is C24H33F3N4O4S. The number of halogens is 3. The number of anilines is 1. The third kappa shape index (κ3) is 7.78. The van der Waals surface area contributed by atoms with Crippen molar-refractivity contribution < 1.29 is 26.3 Å². The highest BCUT2D eigenvalue weighted by Crippen LogP contribution is 2.38. The summed E-state index contributed by atoms with van der Waals surface area (Å²) < 4.78 is 76.5. The van der Waals surface area contributed by atoms with Crippen LogP contribution in [-0.2, 0) is 27.5 Å². The lowest BCUT2D eigenvalue weighted by Gasteiger charge is -2.35. The summed E-state index contributed by atoms with van der Waals surface area (Å²) in [5.41, 5.74) is -1.58. The van der Waals surface area contributed by atoms with Crippen molar-refractivity contribution in [2.75, 3.05) is 31.1 Å². The van der Waals surface area contributed by atoms with Gasteiger partial charge in [0.05, 0.1) is 17.8 Å². The first-order valence-corrected chi connectivity index (χ1v) is 13.4. The second-order valence-electron chi connectivity index (χ2n) is 9.88. The van der Waals surface area contributed by atoms with Gasteiger partial charge in [-0.05, 0) is 58.1 Å². The Balaban J connectivity index is 1.67. The first-order valence-electron chi connectivity index (χ1n) is 11.9. The van der Waals surface area contributed by atoms with E-state index in [0.717, 1.165) is 6.20 Å². The van der Waals surface area contributed by atoms with Crippen molar-refractivity contribution in [1.82, 2.24) is 14.3 Å². The van der Waals surface area contributed by atoms with Gasteiger partial charge in [0, 0.05) is 44.6 Å². The number of sulfonamides is 1. The van der Waals surface area contributed by atoms with E-state index in [2.05, 4.69) is 9.71 Å². The highest BCUT2D eigenvalue weighted by atomic mass is 32.2. The lowest BCUT2D eigenvalue weighted by Crippen LogP contribution is -2.38. The molecule has 1 aliphatic rings. The van der Waals surface area contributed by atoms with Crippen LogP contribution in [0.2, 0.25) is 0 Å². The first-order chi connectivity index (χ1) is 16.8. The highest BCUT2D eigenvalue weighted by Gasteiger charge is 2.38. The lowest BCUT2D eigenvalue weighted by atomic mass is 9.97. The first kappa shape index (κ1) is 28.1. The molecule has 2 aromatic rings. The van der Waals surface area contributed by atoms with Gasteiger partial charge in [-0.1, -0.05) is 6.07 Å². The van der Waals surface area contributed by atoms with E-state index in [1.54, 1.807) is 23.2 Å². The van der Waals surface area contributed by atoms with Gasteiger partial charge < -0.3 is 14.2 Å². The van der Waals surface area contributed by atoms with Crippen LogP contribution in [0.1, 0.15) is 45.6 Å². The Morgan fingerprint density at radius 2 is 1.86 bits per heavy atom. The quantitative estimate of drug-likeness (QED) is 0.498. The number of pyridine rings is 2. The van der Waals surface area contributed by atoms with Gasteiger partial charge in [-0.25, -0.2) is 18.1 Å². The second-order valence-corrected chi connectivity index (χ2v) is 11.6. The Bertz CT molecular complexity index is 1180. The maximum absolute atomic E-state index is 13.9. The number of aromatic nitrogens is 2. The molecule has 0 atom stereocenters. The smallest absolute Gasteiger partial charge is 0.376 e. The normalized spacial score (nSPS) is 15.9. The lowest BCUT2D eigenvalue weighted by molar-refractivity contribution is -0.137. The van der Waals surface area contributed by atoms with Gasteiger partial charge in [-0.15, -0.1) is 0 Å². The molecule has 0 saturated carbocycles. The Kier molecular flexibility index (Phi) is 8.84. The molecule has 0 aromatic carbocycles. The molecule has 1 saturated heterocycles. The SMILES string of the molecule is CC(C)(C)OCC1CCN(c2ncc(S(=O)(=O)NCCCn3ccccc3=O)cc2C(F)(F)F)CC1. The molecule has 3 heterocycles. The molecule has 0 radical (unpaired) electrons. The summed E-state index contributed by atoms with van der Waals surface area (Å²) in [5, 5.41) is 0. The van der Waals surface area contributed by atoms with Crippen LogP contribution in [0.15, 0.2) is 46.3 Å². The van der Waals surface area contributed by atoms with Gasteiger partial charge in [0.15, 0.2) is 0 Å². The third-order valence-corrected chi connectivity index (χ3v) is 7.32. The monoisotopic (exact) mass is 530 g/mol. The molecule has 12 heteroatoms. The van der Waals surface area contributed by atoms with Crippen LogP contribution in [0.3, 0.4) is 0 Å². The number of hydrogen-bond acceptors (Lipinski definition) is 6. The molecule has 8 nitrogen and oxygen atoms in total. The van der Waals surface area contributed by atoms with Crippen LogP contribution in [0.5, 0.6) is 0 Å². The molecule has 0 spiro atoms. The van der Waals surface area contributed by atoms with E-state index in [-0.39, 0.29) is 42.4 Å². The van der Waals surface area contributed by atoms with Crippen molar-refractivity contribution in [3.05, 3.63) is 52.6 Å². The number of aryl methyl sites for hydroxylation is 1. The van der Waals surface area contributed by atoms with Gasteiger partial charge in [0.25, 0.3) is 0 Å². The molecule has 1 aliphatic heterocycles. The van der Waals surface area contributed by atoms with Gasteiger partial charge in [0.1, 0.15) is 10.7 Å². The third-order valence-electron chi connectivity index (χ3n) is 5.89. The summed E-state index contributed by atoms with van der Waals surface area (Å²) in [4.78, 5) is 16.7. The number of alkyl halides is 3. The van der Waals surface area contributed by atoms with E-state index in [0.29, 0.717) is 38.6 Å². The number of piperidine rings is 1. The molecule has 1 fully saturated rings. The van der Waals surface area contributed by atoms with E-state index < -0.39 is 26.7 Å². The Morgan fingerprint density at radius 3 is 2.47 bits per heavy atom. The van der Waals surface area contributed by atoms with E-state index in [1.165, 1.54) is 10.6 Å². The van der Waals surface area contributed by atoms with Crippen LogP contribution in [-0.4, -0.2) is 49.8 Å². The number of hydrogen-bond donors (Lipinski definition) is 1. The minimum atomic E-state index is -4.77. The zero-order valence-corrected chi connectivity index (χ0v) is 21.5. The summed E-state index contributed by atoms with van der Waals surface area (Å²) in [6.45, 7) is 7.37. The average molecular weight is 531 g/mol. The van der Waals surface area contributed by atoms with Gasteiger partial charge in [-0.2, -0.15) is 13.2 Å². The van der Waals surface area contributed by atoms with E-state index in [1.807, 2.05) is 20.8 Å². The summed E-state index contributed by atoms with van der Waals surface area (Å²) in [5.74, 6) is -0.0227. The van der Waals surface area contributed by atoms with E-state index >= 15 is 0 Å². The molecule has 0 unspecified atom stereocenters. The van der Waals surface area contributed by atoms with Crippen molar-refractivity contribution >= 4 is 15.8 Å². The predicted octanol–water partition coefficient (Wildman–Crippen LogP) is 3.66. The molecule has 36 heavy (non-hydrogen) atoms. The average Bonchev–Trinajstić information content (AvgIpc) is 2.80. The molecule has 0 amide bonds. The Morgan fingerprint density at radius 1 is 1.17 bits per heavy atom. The van der Waals surface area contributed by atoms with Crippen LogP contribution in [0.25, 0.3) is 0 Å². The Hall–Kier alpha value is -2.44. The fraction of sp³-hybridized carbons (Fsp3) is 0.583. The molecule has 2 aromatic heterocycles. The minimum Gasteiger partial charge on any atom is -0.376 e. The van der Waals surface area contributed by atoms with Crippen molar-refractivity contribution in [2.45, 2.75) is 63.3 Å². The van der Waals surface area contributed by atoms with E-state index in [9.17, 15) is 26.4 Å². The summed E-state index contributed by atoms with van der Waals surface area (Å²) in [6, 6.07) is 5.30. The van der Waals surface area contributed by atoms with Crippen molar-refractivity contribution in [3.63, 3.8) is 0 Å². The maximum Gasteiger partial charge on any atom is 0.420 e. The maximum atomic E-state index is 13.9. The molecular weight excluding hydrogens is 497 g/mol. The predicted molar refractivity (Wildman–Crippen MR) is 130 cm³/mol. The zero-order valence-electron chi connectivity index (χ0n) is 20.7. The van der Waals surface area contributed by atoms with Crippen molar-refractivity contribution in [1.29, 1.82) is 0 Å². The summed E-state index contributed by atoms with van der Waals surface area (Å²) >= 11 is 0. The fourth-order valence-electron chi connectivity index (χ4n) is 3.91. The van der Waals surface area contributed by atoms with Crippen molar-refractivity contribution in [2.24, 2.45) is 5.92 Å². The molecule has 0 bridgehead atoms. The number of rotatable bonds is 9. The minimum absolute atomic E-state index is 0.0447. The molecule has 0 aliphatic carbocycles. The Labute approximate surface area is 209 Å². The van der Waals surface area contributed by atoms with Gasteiger partial charge in [0.2, 0.25) is 15.6 Å². The molecule has 1 N–H and O–H groups in total. The van der Waals surface area contributed by atoms with Crippen LogP contribution >= 0.6 is 0 Å². The van der Waals surface area contributed by atoms with Gasteiger partial charge >= 0.3 is 6.18 Å². The largest absolute Gasteiger partial charge is 0.420 e. The summed E-state index contributed by atoms with van der Waals surface area (Å²) in [7, 11) is -4.22. The van der Waals surface area contributed by atoms with Gasteiger partial charge in [-0.3, -0.25) is 4.79 Å².